The van der Waals surface area contributed by atoms with Crippen molar-refractivity contribution in [3.8, 4) is 5.75 Å². The molecule has 2 atom stereocenters. The lowest BCUT2D eigenvalue weighted by atomic mass is 10.0. The number of nitrogens with one attached hydrogen (secondary N) is 1. The van der Waals surface area contributed by atoms with Crippen molar-refractivity contribution in [1.82, 2.24) is 4.72 Å². The Balaban J connectivity index is 1.72. The number of hydrogen-bond donors (Lipinski definition) is 2. The molecule has 10 heteroatoms. The fraction of sp³-hybridized carbons (Fsp3) is 0.222. The second-order valence-corrected chi connectivity index (χ2v) is 8.27. The van der Waals surface area contributed by atoms with Gasteiger partial charge in [-0.05, 0) is 49.4 Å². The van der Waals surface area contributed by atoms with Gasteiger partial charge in [-0.2, -0.15) is 0 Å². The fourth-order valence-electron chi connectivity index (χ4n) is 2.77. The van der Waals surface area contributed by atoms with E-state index in [1.807, 2.05) is 0 Å². The van der Waals surface area contributed by atoms with Gasteiger partial charge in [-0.3, -0.25) is 4.79 Å². The molecule has 148 valence electrons. The van der Waals surface area contributed by atoms with Crippen molar-refractivity contribution in [1.29, 1.82) is 0 Å². The second kappa shape index (κ2) is 7.78. The molecule has 0 aliphatic carbocycles. The van der Waals surface area contributed by atoms with E-state index in [2.05, 4.69) is 9.46 Å². The highest BCUT2D eigenvalue weighted by Crippen LogP contribution is 2.30. The SMILES string of the molecule is CC(NS(=O)(=O)c1ccc(Cl)cc1)C(=O)c1ccc2c(c1)CC(OC(=O)O)O2. The maximum atomic E-state index is 12.7. The zero-order chi connectivity index (χ0) is 20.5. The molecule has 1 aliphatic heterocycles. The molecule has 2 aromatic carbocycles. The molecule has 28 heavy (non-hydrogen) atoms. The fourth-order valence-corrected chi connectivity index (χ4v) is 4.10. The van der Waals surface area contributed by atoms with Gasteiger partial charge in [0.05, 0.1) is 17.4 Å². The van der Waals surface area contributed by atoms with Gasteiger partial charge in [0, 0.05) is 16.1 Å². The standard InChI is InChI=1S/C18H16ClNO7S/c1-10(20-28(24,25)14-5-3-13(19)4-6-14)17(21)11-2-7-15-12(8-11)9-16(26-15)27-18(22)23/h2-8,10,16,20H,9H2,1H3,(H,22,23). The first-order valence-electron chi connectivity index (χ1n) is 8.17. The molecule has 0 saturated heterocycles. The number of carbonyl (C=O) groups excluding carboxylic acids is 1. The number of ketones is 1. The lowest BCUT2D eigenvalue weighted by molar-refractivity contribution is -0.0394. The summed E-state index contributed by atoms with van der Waals surface area (Å²) in [5.74, 6) is -0.0276. The van der Waals surface area contributed by atoms with Gasteiger partial charge in [0.2, 0.25) is 10.0 Å². The second-order valence-electron chi connectivity index (χ2n) is 6.12. The molecule has 1 heterocycles. The maximum absolute atomic E-state index is 12.7. The molecule has 1 aliphatic rings. The van der Waals surface area contributed by atoms with Gasteiger partial charge in [0.25, 0.3) is 6.29 Å². The highest BCUT2D eigenvalue weighted by molar-refractivity contribution is 7.89. The zero-order valence-electron chi connectivity index (χ0n) is 14.6. The summed E-state index contributed by atoms with van der Waals surface area (Å²) < 4.78 is 37.1. The molecule has 3 rings (SSSR count). The van der Waals surface area contributed by atoms with Gasteiger partial charge >= 0.3 is 6.16 Å². The van der Waals surface area contributed by atoms with Crippen molar-refractivity contribution in [2.45, 2.75) is 30.6 Å². The van der Waals surface area contributed by atoms with Gasteiger partial charge in [-0.25, -0.2) is 17.9 Å². The summed E-state index contributed by atoms with van der Waals surface area (Å²) in [5, 5.41) is 9.05. The molecule has 8 nitrogen and oxygen atoms in total. The summed E-state index contributed by atoms with van der Waals surface area (Å²) in [7, 11) is -3.90. The molecule has 0 fully saturated rings. The van der Waals surface area contributed by atoms with Gasteiger partial charge in [-0.1, -0.05) is 11.6 Å². The van der Waals surface area contributed by atoms with Crippen LogP contribution in [0.1, 0.15) is 22.8 Å². The number of fused-ring (bicyclic) bond motifs is 1. The van der Waals surface area contributed by atoms with Crippen LogP contribution in [0.2, 0.25) is 5.02 Å². The number of sulfonamides is 1. The molecule has 0 spiro atoms. The average molecular weight is 426 g/mol. The number of hydrogen-bond acceptors (Lipinski definition) is 6. The third kappa shape index (κ3) is 4.44. The third-order valence-electron chi connectivity index (χ3n) is 4.07. The van der Waals surface area contributed by atoms with Crippen LogP contribution in [0.25, 0.3) is 0 Å². The van der Waals surface area contributed by atoms with Crippen LogP contribution in [0.4, 0.5) is 4.79 Å². The first-order chi connectivity index (χ1) is 13.2. The Hall–Kier alpha value is -2.62. The van der Waals surface area contributed by atoms with E-state index in [1.54, 1.807) is 0 Å². The van der Waals surface area contributed by atoms with E-state index in [-0.39, 0.29) is 16.9 Å². The topological polar surface area (TPSA) is 119 Å². The lowest BCUT2D eigenvalue weighted by Gasteiger charge is -2.14. The molecular formula is C18H16ClNO7S. The Morgan fingerprint density at radius 2 is 1.93 bits per heavy atom. The Kier molecular flexibility index (Phi) is 5.59. The molecule has 0 saturated carbocycles. The smallest absolute Gasteiger partial charge is 0.454 e. The van der Waals surface area contributed by atoms with E-state index < -0.39 is 34.3 Å². The molecular weight excluding hydrogens is 410 g/mol. The minimum absolute atomic E-state index is 0.00688. The number of Topliss-reactive ketones (excluding diaryl/α,β-unsaturated/α-hetero) is 1. The van der Waals surface area contributed by atoms with Gasteiger partial charge in [0.15, 0.2) is 5.78 Å². The van der Waals surface area contributed by atoms with E-state index in [0.717, 1.165) is 0 Å². The Morgan fingerprint density at radius 1 is 1.25 bits per heavy atom. The molecule has 0 radical (unpaired) electrons. The quantitative estimate of drug-likeness (QED) is 0.539. The summed E-state index contributed by atoms with van der Waals surface area (Å²) in [6.07, 6.45) is -2.27. The number of carbonyl (C=O) groups is 2. The summed E-state index contributed by atoms with van der Waals surface area (Å²) in [4.78, 5) is 23.3. The predicted octanol–water partition coefficient (Wildman–Crippen LogP) is 2.85. The van der Waals surface area contributed by atoms with Crippen LogP contribution >= 0.6 is 11.6 Å². The number of carboxylic acid groups (broad SMARTS) is 1. The molecule has 0 amide bonds. The van der Waals surface area contributed by atoms with Crippen LogP contribution < -0.4 is 9.46 Å². The van der Waals surface area contributed by atoms with Gasteiger partial charge in [0.1, 0.15) is 5.75 Å². The summed E-state index contributed by atoms with van der Waals surface area (Å²) in [6.45, 7) is 1.44. The first-order valence-corrected chi connectivity index (χ1v) is 10.0. The Bertz CT molecular complexity index is 1020. The number of rotatable bonds is 6. The van der Waals surface area contributed by atoms with Gasteiger partial charge < -0.3 is 14.6 Å². The lowest BCUT2D eigenvalue weighted by Crippen LogP contribution is -2.38. The Labute approximate surface area is 166 Å². The molecule has 2 N–H and O–H groups in total. The zero-order valence-corrected chi connectivity index (χ0v) is 16.2. The van der Waals surface area contributed by atoms with E-state index in [1.165, 1.54) is 49.4 Å². The predicted molar refractivity (Wildman–Crippen MR) is 99.2 cm³/mol. The van der Waals surface area contributed by atoms with Crippen molar-refractivity contribution >= 4 is 33.6 Å². The first kappa shape index (κ1) is 20.1. The molecule has 0 aromatic heterocycles. The van der Waals surface area contributed by atoms with Crippen LogP contribution in [0.15, 0.2) is 47.4 Å². The number of benzene rings is 2. The Morgan fingerprint density at radius 3 is 2.57 bits per heavy atom. The molecule has 2 aromatic rings. The number of halogens is 1. The molecule has 2 unspecified atom stereocenters. The largest absolute Gasteiger partial charge is 0.508 e. The van der Waals surface area contributed by atoms with Crippen molar-refractivity contribution in [3.63, 3.8) is 0 Å². The third-order valence-corrected chi connectivity index (χ3v) is 5.88. The minimum Gasteiger partial charge on any atom is -0.454 e. The van der Waals surface area contributed by atoms with Crippen molar-refractivity contribution in [2.24, 2.45) is 0 Å². The summed E-state index contributed by atoms with van der Waals surface area (Å²) >= 11 is 5.76. The monoisotopic (exact) mass is 425 g/mol. The minimum atomic E-state index is -3.90. The van der Waals surface area contributed by atoms with Crippen molar-refractivity contribution < 1.29 is 32.6 Å². The van der Waals surface area contributed by atoms with Crippen molar-refractivity contribution in [2.75, 3.05) is 0 Å². The number of ether oxygens (including phenoxy) is 2. The highest BCUT2D eigenvalue weighted by atomic mass is 35.5. The molecule has 0 bridgehead atoms. The summed E-state index contributed by atoms with van der Waals surface area (Å²) in [5.41, 5.74) is 0.870. The van der Waals surface area contributed by atoms with E-state index in [0.29, 0.717) is 16.3 Å². The van der Waals surface area contributed by atoms with E-state index in [9.17, 15) is 18.0 Å². The van der Waals surface area contributed by atoms with E-state index >= 15 is 0 Å². The van der Waals surface area contributed by atoms with E-state index in [4.69, 9.17) is 21.4 Å². The van der Waals surface area contributed by atoms with Crippen LogP contribution in [0.3, 0.4) is 0 Å². The van der Waals surface area contributed by atoms with Crippen LogP contribution in [-0.2, 0) is 21.2 Å². The maximum Gasteiger partial charge on any atom is 0.508 e. The highest BCUT2D eigenvalue weighted by Gasteiger charge is 2.28. The van der Waals surface area contributed by atoms with Crippen LogP contribution in [0.5, 0.6) is 5.75 Å². The van der Waals surface area contributed by atoms with Crippen LogP contribution in [-0.4, -0.2) is 37.8 Å². The normalized spacial score (nSPS) is 16.7. The van der Waals surface area contributed by atoms with Gasteiger partial charge in [-0.15, -0.1) is 0 Å². The van der Waals surface area contributed by atoms with Crippen molar-refractivity contribution in [3.05, 3.63) is 58.6 Å². The van der Waals surface area contributed by atoms with Crippen LogP contribution in [0, 0.1) is 0 Å². The summed E-state index contributed by atoms with van der Waals surface area (Å²) in [6, 6.07) is 9.10. The average Bonchev–Trinajstić information content (AvgIpc) is 3.01.